The molecular formula is C15H20N4OS. The molecule has 1 aliphatic carbocycles. The topological polar surface area (TPSA) is 70.7 Å². The van der Waals surface area contributed by atoms with Crippen molar-refractivity contribution >= 4 is 17.2 Å². The number of aryl methyl sites for hydroxylation is 2. The third kappa shape index (κ3) is 3.00. The van der Waals surface area contributed by atoms with Crippen molar-refractivity contribution in [1.29, 1.82) is 0 Å². The predicted molar refractivity (Wildman–Crippen MR) is 83.6 cm³/mol. The maximum Gasteiger partial charge on any atom is 0.255 e. The van der Waals surface area contributed by atoms with Gasteiger partial charge in [-0.05, 0) is 32.1 Å². The van der Waals surface area contributed by atoms with Crippen molar-refractivity contribution in [3.8, 4) is 10.7 Å². The van der Waals surface area contributed by atoms with E-state index in [1.807, 2.05) is 0 Å². The number of hydrogen-bond acceptors (Lipinski definition) is 4. The third-order valence-electron chi connectivity index (χ3n) is 3.75. The van der Waals surface area contributed by atoms with Crippen LogP contribution in [0.25, 0.3) is 10.7 Å². The zero-order valence-corrected chi connectivity index (χ0v) is 13.1. The van der Waals surface area contributed by atoms with Crippen LogP contribution >= 0.6 is 11.3 Å². The average molecular weight is 304 g/mol. The van der Waals surface area contributed by atoms with Crippen LogP contribution in [0.2, 0.25) is 0 Å². The Morgan fingerprint density at radius 2 is 2.29 bits per heavy atom. The van der Waals surface area contributed by atoms with E-state index in [1.54, 1.807) is 17.5 Å². The molecule has 0 fully saturated rings. The van der Waals surface area contributed by atoms with Crippen LogP contribution in [0.15, 0.2) is 6.20 Å². The van der Waals surface area contributed by atoms with Crippen LogP contribution in [0.4, 0.5) is 0 Å². The number of hydrogen-bond donors (Lipinski definition) is 2. The number of nitrogens with zero attached hydrogens (tertiary/aromatic N) is 2. The van der Waals surface area contributed by atoms with Crippen LogP contribution in [-0.4, -0.2) is 27.6 Å². The van der Waals surface area contributed by atoms with Gasteiger partial charge < -0.3 is 5.32 Å². The van der Waals surface area contributed by atoms with Gasteiger partial charge in [0.25, 0.3) is 5.91 Å². The van der Waals surface area contributed by atoms with Gasteiger partial charge in [-0.1, -0.05) is 13.3 Å². The van der Waals surface area contributed by atoms with Gasteiger partial charge in [-0.3, -0.25) is 9.89 Å². The summed E-state index contributed by atoms with van der Waals surface area (Å²) in [6.45, 7) is 2.81. The van der Waals surface area contributed by atoms with E-state index >= 15 is 0 Å². The van der Waals surface area contributed by atoms with Gasteiger partial charge in [0.1, 0.15) is 10.7 Å². The van der Waals surface area contributed by atoms with Gasteiger partial charge in [0.2, 0.25) is 0 Å². The average Bonchev–Trinajstić information content (AvgIpc) is 3.13. The lowest BCUT2D eigenvalue weighted by Crippen LogP contribution is -2.24. The van der Waals surface area contributed by atoms with Crippen molar-refractivity contribution in [2.75, 3.05) is 6.54 Å². The van der Waals surface area contributed by atoms with Gasteiger partial charge in [-0.15, -0.1) is 11.3 Å². The number of amides is 1. The summed E-state index contributed by atoms with van der Waals surface area (Å²) in [5.74, 6) is -0.0691. The number of carbonyl (C=O) groups is 1. The van der Waals surface area contributed by atoms with Crippen molar-refractivity contribution in [3.05, 3.63) is 22.3 Å². The second-order valence-corrected chi connectivity index (χ2v) is 6.44. The van der Waals surface area contributed by atoms with E-state index in [1.165, 1.54) is 23.4 Å². The summed E-state index contributed by atoms with van der Waals surface area (Å²) in [4.78, 5) is 18.3. The first-order chi connectivity index (χ1) is 10.3. The summed E-state index contributed by atoms with van der Waals surface area (Å²) >= 11 is 1.68. The number of aromatic nitrogens is 3. The van der Waals surface area contributed by atoms with Crippen molar-refractivity contribution in [3.63, 3.8) is 0 Å². The van der Waals surface area contributed by atoms with Crippen molar-refractivity contribution in [2.45, 2.75) is 45.4 Å². The summed E-state index contributed by atoms with van der Waals surface area (Å²) in [7, 11) is 0. The largest absolute Gasteiger partial charge is 0.352 e. The Morgan fingerprint density at radius 1 is 1.43 bits per heavy atom. The molecule has 21 heavy (non-hydrogen) atoms. The Balaban J connectivity index is 1.81. The minimum Gasteiger partial charge on any atom is -0.352 e. The third-order valence-corrected chi connectivity index (χ3v) is 4.91. The number of carbonyl (C=O) groups excluding carboxylic acids is 1. The fourth-order valence-electron chi connectivity index (χ4n) is 2.55. The summed E-state index contributed by atoms with van der Waals surface area (Å²) in [6.07, 6.45) is 8.32. The molecule has 0 aromatic carbocycles. The molecule has 0 atom stereocenters. The second-order valence-electron chi connectivity index (χ2n) is 5.35. The minimum atomic E-state index is -0.0691. The van der Waals surface area contributed by atoms with Crippen molar-refractivity contribution < 1.29 is 4.79 Å². The van der Waals surface area contributed by atoms with Crippen LogP contribution in [0.1, 0.15) is 53.5 Å². The van der Waals surface area contributed by atoms with E-state index in [0.29, 0.717) is 17.8 Å². The normalized spacial score (nSPS) is 14.0. The molecule has 2 heterocycles. The number of thiazole rings is 1. The van der Waals surface area contributed by atoms with Crippen LogP contribution in [0, 0.1) is 0 Å². The maximum absolute atomic E-state index is 12.2. The molecule has 0 bridgehead atoms. The van der Waals surface area contributed by atoms with Gasteiger partial charge in [0.15, 0.2) is 0 Å². The summed E-state index contributed by atoms with van der Waals surface area (Å²) < 4.78 is 0. The molecule has 0 unspecified atom stereocenters. The molecule has 0 saturated carbocycles. The summed E-state index contributed by atoms with van der Waals surface area (Å²) in [5.41, 5.74) is 2.47. The highest BCUT2D eigenvalue weighted by atomic mass is 32.1. The zero-order valence-electron chi connectivity index (χ0n) is 12.2. The number of H-pyrrole nitrogens is 1. The lowest BCUT2D eigenvalue weighted by molar-refractivity contribution is 0.0954. The van der Waals surface area contributed by atoms with Crippen LogP contribution in [0.5, 0.6) is 0 Å². The Morgan fingerprint density at radius 3 is 3.10 bits per heavy atom. The Hall–Kier alpha value is -1.69. The minimum absolute atomic E-state index is 0.0691. The Bertz CT molecular complexity index is 608. The van der Waals surface area contributed by atoms with Crippen LogP contribution in [0.3, 0.4) is 0 Å². The van der Waals surface area contributed by atoms with E-state index in [9.17, 15) is 4.79 Å². The number of fused-ring (bicyclic) bond motifs is 1. The highest BCUT2D eigenvalue weighted by Gasteiger charge is 2.21. The molecule has 0 aliphatic heterocycles. The molecule has 2 N–H and O–H groups in total. The SMILES string of the molecule is CCCCNC(=O)c1c[nH]nc1-c1nc2c(s1)CCCC2. The first-order valence-corrected chi connectivity index (χ1v) is 8.42. The first-order valence-electron chi connectivity index (χ1n) is 7.60. The number of unbranched alkanes of at least 4 members (excludes halogenated alkanes) is 1. The number of nitrogens with one attached hydrogen (secondary N) is 2. The molecule has 2 aromatic heterocycles. The summed E-state index contributed by atoms with van der Waals surface area (Å²) in [6, 6.07) is 0. The first kappa shape index (κ1) is 14.3. The molecule has 5 nitrogen and oxygen atoms in total. The second kappa shape index (κ2) is 6.39. The highest BCUT2D eigenvalue weighted by Crippen LogP contribution is 2.33. The van der Waals surface area contributed by atoms with Crippen LogP contribution in [-0.2, 0) is 12.8 Å². The number of rotatable bonds is 5. The fourth-order valence-corrected chi connectivity index (χ4v) is 3.71. The molecule has 6 heteroatoms. The van der Waals surface area contributed by atoms with Gasteiger partial charge in [0, 0.05) is 17.6 Å². The number of aromatic amines is 1. The zero-order chi connectivity index (χ0) is 14.7. The summed E-state index contributed by atoms with van der Waals surface area (Å²) in [5, 5.41) is 10.8. The molecule has 0 spiro atoms. The quantitative estimate of drug-likeness (QED) is 0.834. The molecule has 0 radical (unpaired) electrons. The standard InChI is InChI=1S/C15H20N4OS/c1-2-3-8-16-14(20)10-9-17-19-13(10)15-18-11-6-4-5-7-12(11)21-15/h9H,2-8H2,1H3,(H,16,20)(H,17,19). The molecule has 2 aromatic rings. The van der Waals surface area contributed by atoms with Gasteiger partial charge >= 0.3 is 0 Å². The lowest BCUT2D eigenvalue weighted by Gasteiger charge is -2.06. The van der Waals surface area contributed by atoms with Crippen LogP contribution < -0.4 is 5.32 Å². The maximum atomic E-state index is 12.2. The smallest absolute Gasteiger partial charge is 0.255 e. The molecule has 3 rings (SSSR count). The molecule has 1 aliphatic rings. The predicted octanol–water partition coefficient (Wildman–Crippen LogP) is 2.94. The highest BCUT2D eigenvalue weighted by molar-refractivity contribution is 7.15. The molecule has 112 valence electrons. The lowest BCUT2D eigenvalue weighted by atomic mass is 10.0. The Labute approximate surface area is 128 Å². The molecular weight excluding hydrogens is 284 g/mol. The molecule has 1 amide bonds. The fraction of sp³-hybridized carbons (Fsp3) is 0.533. The van der Waals surface area contributed by atoms with E-state index < -0.39 is 0 Å². The van der Waals surface area contributed by atoms with Gasteiger partial charge in [-0.25, -0.2) is 4.98 Å². The van der Waals surface area contributed by atoms with E-state index in [2.05, 4.69) is 27.4 Å². The van der Waals surface area contributed by atoms with Crippen molar-refractivity contribution in [2.24, 2.45) is 0 Å². The van der Waals surface area contributed by atoms with E-state index in [4.69, 9.17) is 0 Å². The monoisotopic (exact) mass is 304 g/mol. The van der Waals surface area contributed by atoms with Gasteiger partial charge in [-0.2, -0.15) is 5.10 Å². The van der Waals surface area contributed by atoms with Crippen molar-refractivity contribution in [1.82, 2.24) is 20.5 Å². The van der Waals surface area contributed by atoms with Gasteiger partial charge in [0.05, 0.1) is 11.3 Å². The van der Waals surface area contributed by atoms with E-state index in [0.717, 1.165) is 30.7 Å². The Kier molecular flexibility index (Phi) is 4.34. The molecule has 0 saturated heterocycles. The van der Waals surface area contributed by atoms with E-state index in [-0.39, 0.29) is 5.91 Å².